The molecule has 1 amide bonds. The molecule has 0 saturated carbocycles. The van der Waals surface area contributed by atoms with Gasteiger partial charge in [-0.2, -0.15) is 0 Å². The number of likely N-dealkylation sites (tertiary alicyclic amines) is 1. The average Bonchev–Trinajstić information content (AvgIpc) is 3.43. The highest BCUT2D eigenvalue weighted by molar-refractivity contribution is 5.81. The number of aromatic nitrogens is 6. The molecule has 5 rings (SSSR count). The molecule has 0 spiro atoms. The van der Waals surface area contributed by atoms with E-state index in [1.807, 2.05) is 42.7 Å². The van der Waals surface area contributed by atoms with Crippen molar-refractivity contribution < 1.29 is 9.90 Å². The lowest BCUT2D eigenvalue weighted by Crippen LogP contribution is -2.55. The van der Waals surface area contributed by atoms with Crippen molar-refractivity contribution in [1.29, 1.82) is 0 Å². The van der Waals surface area contributed by atoms with E-state index in [0.717, 1.165) is 21.4 Å². The first-order chi connectivity index (χ1) is 17.0. The van der Waals surface area contributed by atoms with Crippen LogP contribution in [-0.2, 0) is 25.4 Å². The van der Waals surface area contributed by atoms with Gasteiger partial charge in [0, 0.05) is 26.6 Å². The minimum absolute atomic E-state index is 0.103. The number of carbonyl (C=O) groups excluding carboxylic acids is 1. The van der Waals surface area contributed by atoms with Crippen LogP contribution in [0.2, 0.25) is 0 Å². The number of imidazole rings is 2. The number of rotatable bonds is 4. The summed E-state index contributed by atoms with van der Waals surface area (Å²) in [6, 6.07) is 7.27. The lowest BCUT2D eigenvalue weighted by atomic mass is 9.88. The van der Waals surface area contributed by atoms with Gasteiger partial charge in [0.2, 0.25) is 5.91 Å². The molecule has 4 heterocycles. The Hall–Kier alpha value is -3.73. The number of para-hydroxylation sites is 2. The highest BCUT2D eigenvalue weighted by Crippen LogP contribution is 2.33. The maximum Gasteiger partial charge on any atom is 0.332 e. The lowest BCUT2D eigenvalue weighted by molar-refractivity contribution is -0.141. The highest BCUT2D eigenvalue weighted by atomic mass is 16.3. The summed E-state index contributed by atoms with van der Waals surface area (Å²) >= 11 is 0. The Morgan fingerprint density at radius 2 is 1.92 bits per heavy atom. The quantitative estimate of drug-likeness (QED) is 0.455. The number of nitrogens with zero attached hydrogens (tertiary/aromatic N) is 7. The van der Waals surface area contributed by atoms with Crippen LogP contribution in [0, 0.1) is 0 Å². The standard InChI is InChI=1S/C25H31N7O4/c1-15(2)21-27-16-8-6-7-9-17(16)31(21)12-19(33)30-11-10-18(25(3,36)13-30)32-14-26-22-20(32)23(34)29(5)24(35)28(22)4/h6-9,14-15,18,36H,10-13H2,1-5H3/t18-,25-/m1/s1. The Morgan fingerprint density at radius 1 is 1.19 bits per heavy atom. The zero-order valence-corrected chi connectivity index (χ0v) is 21.2. The van der Waals surface area contributed by atoms with Gasteiger partial charge in [0.15, 0.2) is 11.2 Å². The molecule has 4 aromatic rings. The normalized spacial score (nSPS) is 20.6. The van der Waals surface area contributed by atoms with Gasteiger partial charge in [-0.05, 0) is 25.5 Å². The number of β-amino-alcohol motifs (C(OH)–C–C–N with tert-alkyl or cyclic N) is 1. The Labute approximate surface area is 207 Å². The summed E-state index contributed by atoms with van der Waals surface area (Å²) in [5.74, 6) is 0.886. The summed E-state index contributed by atoms with van der Waals surface area (Å²) in [5, 5.41) is 11.5. The predicted octanol–water partition coefficient (Wildman–Crippen LogP) is 1.13. The van der Waals surface area contributed by atoms with Crippen LogP contribution in [-0.4, -0.2) is 62.8 Å². The first kappa shape index (κ1) is 24.0. The zero-order valence-electron chi connectivity index (χ0n) is 21.2. The smallest absolute Gasteiger partial charge is 0.332 e. The number of hydrogen-bond donors (Lipinski definition) is 1. The third-order valence-electron chi connectivity index (χ3n) is 7.26. The number of piperidine rings is 1. The minimum Gasteiger partial charge on any atom is -0.386 e. The number of hydrogen-bond acceptors (Lipinski definition) is 6. The Kier molecular flexibility index (Phi) is 5.62. The molecule has 1 aliphatic rings. The molecular weight excluding hydrogens is 462 g/mol. The highest BCUT2D eigenvalue weighted by Gasteiger charge is 2.42. The van der Waals surface area contributed by atoms with Crippen molar-refractivity contribution in [2.45, 2.75) is 51.3 Å². The number of aryl methyl sites for hydroxylation is 1. The van der Waals surface area contributed by atoms with Gasteiger partial charge >= 0.3 is 5.69 Å². The van der Waals surface area contributed by atoms with Gasteiger partial charge in [-0.25, -0.2) is 14.8 Å². The minimum atomic E-state index is -1.32. The first-order valence-corrected chi connectivity index (χ1v) is 12.1. The van der Waals surface area contributed by atoms with Crippen LogP contribution in [0.25, 0.3) is 22.2 Å². The summed E-state index contributed by atoms with van der Waals surface area (Å²) < 4.78 is 5.97. The predicted molar refractivity (Wildman–Crippen MR) is 135 cm³/mol. The van der Waals surface area contributed by atoms with E-state index >= 15 is 0 Å². The molecule has 1 N–H and O–H groups in total. The van der Waals surface area contributed by atoms with Gasteiger partial charge in [-0.3, -0.25) is 18.7 Å². The second kappa shape index (κ2) is 8.44. The molecule has 11 nitrogen and oxygen atoms in total. The number of fused-ring (bicyclic) bond motifs is 2. The number of benzene rings is 1. The third-order valence-corrected chi connectivity index (χ3v) is 7.26. The molecule has 0 radical (unpaired) electrons. The van der Waals surface area contributed by atoms with E-state index in [2.05, 4.69) is 4.98 Å². The summed E-state index contributed by atoms with van der Waals surface area (Å²) in [7, 11) is 2.98. The summed E-state index contributed by atoms with van der Waals surface area (Å²) in [5.41, 5.74) is 0.0387. The average molecular weight is 494 g/mol. The van der Waals surface area contributed by atoms with Crippen molar-refractivity contribution in [3.63, 3.8) is 0 Å². The molecule has 11 heteroatoms. The monoisotopic (exact) mass is 493 g/mol. The van der Waals surface area contributed by atoms with E-state index in [0.29, 0.717) is 13.0 Å². The first-order valence-electron chi connectivity index (χ1n) is 12.1. The maximum atomic E-state index is 13.4. The molecule has 0 unspecified atom stereocenters. The fourth-order valence-electron chi connectivity index (χ4n) is 5.35. The van der Waals surface area contributed by atoms with Crippen LogP contribution >= 0.6 is 0 Å². The van der Waals surface area contributed by atoms with E-state index in [4.69, 9.17) is 4.98 Å². The maximum absolute atomic E-state index is 13.4. The van der Waals surface area contributed by atoms with Crippen molar-refractivity contribution in [1.82, 2.24) is 33.1 Å². The van der Waals surface area contributed by atoms with Crippen molar-refractivity contribution in [3.05, 3.63) is 57.3 Å². The van der Waals surface area contributed by atoms with Crippen LogP contribution < -0.4 is 11.2 Å². The van der Waals surface area contributed by atoms with Gasteiger partial charge in [0.1, 0.15) is 18.0 Å². The second-order valence-corrected chi connectivity index (χ2v) is 10.2. The third kappa shape index (κ3) is 3.65. The molecule has 1 fully saturated rings. The number of aliphatic hydroxyl groups is 1. The van der Waals surface area contributed by atoms with Gasteiger partial charge in [0.25, 0.3) is 5.56 Å². The van der Waals surface area contributed by atoms with Crippen molar-refractivity contribution >= 4 is 28.1 Å². The SMILES string of the molecule is CC(C)c1nc2ccccc2n1CC(=O)N1CC[C@@H](n2cnc3c2c(=O)n(C)c(=O)n3C)[C@](C)(O)C1. The molecule has 3 aromatic heterocycles. The fraction of sp³-hybridized carbons (Fsp3) is 0.480. The van der Waals surface area contributed by atoms with Gasteiger partial charge in [0.05, 0.1) is 29.9 Å². The summed E-state index contributed by atoms with van der Waals surface area (Å²) in [6.07, 6.45) is 1.92. The van der Waals surface area contributed by atoms with Gasteiger partial charge < -0.3 is 19.1 Å². The Morgan fingerprint density at radius 3 is 2.61 bits per heavy atom. The summed E-state index contributed by atoms with van der Waals surface area (Å²) in [6.45, 7) is 6.41. The van der Waals surface area contributed by atoms with Gasteiger partial charge in [-0.15, -0.1) is 0 Å². The molecule has 190 valence electrons. The summed E-state index contributed by atoms with van der Waals surface area (Å²) in [4.78, 5) is 49.3. The second-order valence-electron chi connectivity index (χ2n) is 10.2. The van der Waals surface area contributed by atoms with Crippen molar-refractivity contribution in [3.8, 4) is 0 Å². The van der Waals surface area contributed by atoms with E-state index in [9.17, 15) is 19.5 Å². The van der Waals surface area contributed by atoms with E-state index in [-0.39, 0.29) is 36.1 Å². The van der Waals surface area contributed by atoms with E-state index in [1.165, 1.54) is 17.9 Å². The van der Waals surface area contributed by atoms with E-state index in [1.54, 1.807) is 23.4 Å². The van der Waals surface area contributed by atoms with Crippen LogP contribution in [0.4, 0.5) is 0 Å². The number of carbonyl (C=O) groups is 1. The molecule has 0 bridgehead atoms. The molecule has 0 aliphatic carbocycles. The van der Waals surface area contributed by atoms with Gasteiger partial charge in [-0.1, -0.05) is 26.0 Å². The Bertz CT molecular complexity index is 1600. The molecule has 1 aromatic carbocycles. The molecular formula is C25H31N7O4. The van der Waals surface area contributed by atoms with Crippen LogP contribution in [0.3, 0.4) is 0 Å². The topological polar surface area (TPSA) is 120 Å². The largest absolute Gasteiger partial charge is 0.386 e. The molecule has 1 saturated heterocycles. The van der Waals surface area contributed by atoms with Crippen LogP contribution in [0.15, 0.2) is 40.2 Å². The molecule has 36 heavy (non-hydrogen) atoms. The van der Waals surface area contributed by atoms with E-state index < -0.39 is 22.9 Å². The number of amides is 1. The van der Waals surface area contributed by atoms with Crippen LogP contribution in [0.1, 0.15) is 45.0 Å². The molecule has 2 atom stereocenters. The van der Waals surface area contributed by atoms with Crippen LogP contribution in [0.5, 0.6) is 0 Å². The molecule has 1 aliphatic heterocycles. The Balaban J connectivity index is 1.43. The van der Waals surface area contributed by atoms with Crippen molar-refractivity contribution in [2.24, 2.45) is 14.1 Å². The fourth-order valence-corrected chi connectivity index (χ4v) is 5.35. The lowest BCUT2D eigenvalue weighted by Gasteiger charge is -2.43. The van der Waals surface area contributed by atoms with Crippen molar-refractivity contribution in [2.75, 3.05) is 13.1 Å². The zero-order chi connectivity index (χ0) is 25.9.